The van der Waals surface area contributed by atoms with Crippen molar-refractivity contribution in [2.75, 3.05) is 5.73 Å². The predicted octanol–water partition coefficient (Wildman–Crippen LogP) is 2.57. The first-order valence-corrected chi connectivity index (χ1v) is 5.92. The third-order valence-electron chi connectivity index (χ3n) is 2.00. The van der Waals surface area contributed by atoms with Crippen LogP contribution in [0.5, 0.6) is 0 Å². The van der Waals surface area contributed by atoms with Gasteiger partial charge in [0.15, 0.2) is 5.13 Å². The number of benzene rings is 1. The van der Waals surface area contributed by atoms with Crippen molar-refractivity contribution in [3.8, 4) is 0 Å². The molecule has 0 saturated heterocycles. The molecule has 0 aliphatic rings. The molecule has 1 aromatic heterocycles. The van der Waals surface area contributed by atoms with Crippen LogP contribution >= 0.6 is 27.3 Å². The lowest BCUT2D eigenvalue weighted by atomic mass is 10.1. The van der Waals surface area contributed by atoms with Crippen LogP contribution in [0.4, 0.5) is 5.13 Å². The van der Waals surface area contributed by atoms with E-state index in [0.717, 1.165) is 14.9 Å². The van der Waals surface area contributed by atoms with Crippen LogP contribution in [0.1, 0.15) is 16.5 Å². The molecule has 0 fully saturated rings. The van der Waals surface area contributed by atoms with E-state index in [4.69, 9.17) is 5.73 Å². The Morgan fingerprint density at radius 1 is 1.33 bits per heavy atom. The molecule has 0 aliphatic carbocycles. The van der Waals surface area contributed by atoms with Crippen LogP contribution in [-0.4, -0.2) is 10.1 Å². The minimum atomic E-state index is -0.645. The average Bonchev–Trinajstić information content (AvgIpc) is 2.65. The number of aromatic nitrogens is 1. The Morgan fingerprint density at radius 3 is 2.53 bits per heavy atom. The molecule has 3 nitrogen and oxygen atoms in total. The molecule has 1 heterocycles. The zero-order valence-corrected chi connectivity index (χ0v) is 10.1. The lowest BCUT2D eigenvalue weighted by molar-refractivity contribution is 0.224. The number of hydrogen-bond donors (Lipinski definition) is 2. The molecule has 2 rings (SSSR count). The minimum Gasteiger partial charge on any atom is -0.383 e. The van der Waals surface area contributed by atoms with E-state index in [1.807, 2.05) is 24.3 Å². The highest BCUT2D eigenvalue weighted by Gasteiger charge is 2.12. The first-order valence-electron chi connectivity index (χ1n) is 4.31. The molecule has 0 spiro atoms. The van der Waals surface area contributed by atoms with E-state index in [-0.39, 0.29) is 0 Å². The number of aliphatic hydroxyl groups is 1. The fourth-order valence-corrected chi connectivity index (χ4v) is 2.20. The van der Waals surface area contributed by atoms with Crippen molar-refractivity contribution >= 4 is 32.4 Å². The van der Waals surface area contributed by atoms with Crippen LogP contribution < -0.4 is 5.73 Å². The fourth-order valence-electron chi connectivity index (χ4n) is 1.24. The molecular formula is C10H9BrN2OS. The summed E-state index contributed by atoms with van der Waals surface area (Å²) in [4.78, 5) is 4.67. The first kappa shape index (κ1) is 10.6. The Kier molecular flexibility index (Phi) is 3.04. The van der Waals surface area contributed by atoms with Gasteiger partial charge in [0, 0.05) is 10.7 Å². The van der Waals surface area contributed by atoms with Gasteiger partial charge in [0.05, 0.1) is 4.88 Å². The van der Waals surface area contributed by atoms with Gasteiger partial charge >= 0.3 is 0 Å². The summed E-state index contributed by atoms with van der Waals surface area (Å²) in [6.07, 6.45) is 0.958. The third kappa shape index (κ3) is 2.37. The Balaban J connectivity index is 2.28. The van der Waals surface area contributed by atoms with Crippen LogP contribution in [0.2, 0.25) is 0 Å². The van der Waals surface area contributed by atoms with Gasteiger partial charge in [-0.05, 0) is 17.7 Å². The molecule has 0 aliphatic heterocycles. The minimum absolute atomic E-state index is 0.473. The van der Waals surface area contributed by atoms with E-state index in [0.29, 0.717) is 5.13 Å². The number of anilines is 1. The second-order valence-electron chi connectivity index (χ2n) is 3.05. The first-order chi connectivity index (χ1) is 7.16. The Bertz CT molecular complexity index is 455. The summed E-state index contributed by atoms with van der Waals surface area (Å²) in [5.74, 6) is 0. The van der Waals surface area contributed by atoms with Crippen molar-refractivity contribution < 1.29 is 5.11 Å². The molecule has 0 bridgehead atoms. The lowest BCUT2D eigenvalue weighted by Crippen LogP contribution is -1.96. The number of rotatable bonds is 2. The summed E-state index contributed by atoms with van der Waals surface area (Å²) in [6.45, 7) is 0. The van der Waals surface area contributed by atoms with Gasteiger partial charge in [0.25, 0.3) is 0 Å². The second-order valence-corrected chi connectivity index (χ2v) is 5.06. The maximum atomic E-state index is 10.00. The molecule has 1 aromatic carbocycles. The highest BCUT2D eigenvalue weighted by atomic mass is 79.9. The summed E-state index contributed by atoms with van der Waals surface area (Å²) in [7, 11) is 0. The topological polar surface area (TPSA) is 59.1 Å². The molecule has 78 valence electrons. The van der Waals surface area contributed by atoms with Crippen LogP contribution in [0.3, 0.4) is 0 Å². The SMILES string of the molecule is Nc1ncc(C(O)c2ccc(Br)cc2)s1. The summed E-state index contributed by atoms with van der Waals surface area (Å²) in [6, 6.07) is 7.52. The van der Waals surface area contributed by atoms with Crippen LogP contribution in [0.15, 0.2) is 34.9 Å². The number of nitrogens with zero attached hydrogens (tertiary/aromatic N) is 1. The molecule has 1 atom stereocenters. The van der Waals surface area contributed by atoms with E-state index in [2.05, 4.69) is 20.9 Å². The maximum Gasteiger partial charge on any atom is 0.180 e. The summed E-state index contributed by atoms with van der Waals surface area (Å²) >= 11 is 4.64. The van der Waals surface area contributed by atoms with Gasteiger partial charge in [-0.15, -0.1) is 0 Å². The van der Waals surface area contributed by atoms with Gasteiger partial charge in [0.1, 0.15) is 6.10 Å². The lowest BCUT2D eigenvalue weighted by Gasteiger charge is -2.07. The fraction of sp³-hybridized carbons (Fsp3) is 0.100. The number of halogens is 1. The predicted molar refractivity (Wildman–Crippen MR) is 64.7 cm³/mol. The Hall–Kier alpha value is -0.910. The quantitative estimate of drug-likeness (QED) is 0.891. The second kappa shape index (κ2) is 4.30. The average molecular weight is 285 g/mol. The highest BCUT2D eigenvalue weighted by Crippen LogP contribution is 2.28. The van der Waals surface area contributed by atoms with Gasteiger partial charge < -0.3 is 10.8 Å². The van der Waals surface area contributed by atoms with Crippen molar-refractivity contribution in [2.45, 2.75) is 6.10 Å². The standard InChI is InChI=1S/C10H9BrN2OS/c11-7-3-1-6(2-4-7)9(14)8-5-13-10(12)15-8/h1-5,9,14H,(H2,12,13). The largest absolute Gasteiger partial charge is 0.383 e. The van der Waals surface area contributed by atoms with Crippen molar-refractivity contribution in [1.29, 1.82) is 0 Å². The van der Waals surface area contributed by atoms with Crippen molar-refractivity contribution in [3.63, 3.8) is 0 Å². The molecule has 0 radical (unpaired) electrons. The van der Waals surface area contributed by atoms with E-state index in [1.54, 1.807) is 6.20 Å². The van der Waals surface area contributed by atoms with Gasteiger partial charge in [-0.1, -0.05) is 39.4 Å². The van der Waals surface area contributed by atoms with E-state index in [1.165, 1.54) is 11.3 Å². The van der Waals surface area contributed by atoms with Crippen LogP contribution in [0.25, 0.3) is 0 Å². The molecule has 5 heteroatoms. The van der Waals surface area contributed by atoms with Crippen molar-refractivity contribution in [2.24, 2.45) is 0 Å². The number of thiazole rings is 1. The molecular weight excluding hydrogens is 276 g/mol. The number of nitrogen functional groups attached to an aromatic ring is 1. The molecule has 3 N–H and O–H groups in total. The molecule has 15 heavy (non-hydrogen) atoms. The Labute approximate surface area is 99.7 Å². The third-order valence-corrected chi connectivity index (χ3v) is 3.40. The molecule has 0 saturated carbocycles. The van der Waals surface area contributed by atoms with Gasteiger partial charge in [-0.3, -0.25) is 0 Å². The molecule has 0 amide bonds. The normalized spacial score (nSPS) is 12.7. The summed E-state index contributed by atoms with van der Waals surface area (Å²) in [5.41, 5.74) is 6.34. The van der Waals surface area contributed by atoms with Gasteiger partial charge in [-0.2, -0.15) is 0 Å². The molecule has 1 unspecified atom stereocenters. The maximum absolute atomic E-state index is 10.00. The van der Waals surface area contributed by atoms with E-state index < -0.39 is 6.10 Å². The Morgan fingerprint density at radius 2 is 2.00 bits per heavy atom. The van der Waals surface area contributed by atoms with Gasteiger partial charge in [-0.25, -0.2) is 4.98 Å². The number of nitrogens with two attached hydrogens (primary N) is 1. The summed E-state index contributed by atoms with van der Waals surface area (Å²) < 4.78 is 0.988. The smallest absolute Gasteiger partial charge is 0.180 e. The van der Waals surface area contributed by atoms with Crippen molar-refractivity contribution in [3.05, 3.63) is 45.4 Å². The number of hydrogen-bond acceptors (Lipinski definition) is 4. The number of aliphatic hydroxyl groups excluding tert-OH is 1. The van der Waals surface area contributed by atoms with Crippen molar-refractivity contribution in [1.82, 2.24) is 4.98 Å². The van der Waals surface area contributed by atoms with E-state index in [9.17, 15) is 5.11 Å². The zero-order chi connectivity index (χ0) is 10.8. The molecule has 2 aromatic rings. The zero-order valence-electron chi connectivity index (χ0n) is 7.72. The van der Waals surface area contributed by atoms with Crippen LogP contribution in [-0.2, 0) is 0 Å². The van der Waals surface area contributed by atoms with Gasteiger partial charge in [0.2, 0.25) is 0 Å². The summed E-state index contributed by atoms with van der Waals surface area (Å²) in [5, 5.41) is 10.5. The highest BCUT2D eigenvalue weighted by molar-refractivity contribution is 9.10. The van der Waals surface area contributed by atoms with Crippen LogP contribution in [0, 0.1) is 0 Å². The van der Waals surface area contributed by atoms with E-state index >= 15 is 0 Å². The monoisotopic (exact) mass is 284 g/mol.